The summed E-state index contributed by atoms with van der Waals surface area (Å²) in [6, 6.07) is 8.89. The molecule has 5 nitrogen and oxygen atoms in total. The fourth-order valence-corrected chi connectivity index (χ4v) is 1.76. The molecule has 5 heteroatoms. The standard InChI is InChI=1S/C15H20N4O/c1-15(2,3)13(16)14(20)18-11-6-4-10(5-7-11)12-8-9-17-19-12/h4-9,13H,16H2,1-3H3,(H,17,19)(H,18,20). The zero-order valence-corrected chi connectivity index (χ0v) is 12.0. The lowest BCUT2D eigenvalue weighted by molar-refractivity contribution is -0.119. The number of hydrogen-bond acceptors (Lipinski definition) is 3. The minimum Gasteiger partial charge on any atom is -0.325 e. The summed E-state index contributed by atoms with van der Waals surface area (Å²) < 4.78 is 0. The third kappa shape index (κ3) is 3.24. The van der Waals surface area contributed by atoms with Crippen molar-refractivity contribution in [3.63, 3.8) is 0 Å². The van der Waals surface area contributed by atoms with Gasteiger partial charge >= 0.3 is 0 Å². The van der Waals surface area contributed by atoms with E-state index in [9.17, 15) is 4.79 Å². The number of nitrogens with two attached hydrogens (primary N) is 1. The molecule has 0 aliphatic heterocycles. The van der Waals surface area contributed by atoms with E-state index >= 15 is 0 Å². The van der Waals surface area contributed by atoms with Crippen molar-refractivity contribution in [3.05, 3.63) is 36.5 Å². The Labute approximate surface area is 118 Å². The Balaban J connectivity index is 2.06. The van der Waals surface area contributed by atoms with Gasteiger partial charge in [-0.25, -0.2) is 0 Å². The Morgan fingerprint density at radius 3 is 2.40 bits per heavy atom. The van der Waals surface area contributed by atoms with E-state index in [4.69, 9.17) is 5.73 Å². The molecule has 1 aromatic heterocycles. The maximum atomic E-state index is 12.0. The number of benzene rings is 1. The van der Waals surface area contributed by atoms with Crippen LogP contribution in [0.3, 0.4) is 0 Å². The SMILES string of the molecule is CC(C)(C)C(N)C(=O)Nc1ccc(-c2ccn[nH]2)cc1. The summed E-state index contributed by atoms with van der Waals surface area (Å²) in [6.45, 7) is 5.83. The van der Waals surface area contributed by atoms with E-state index in [1.54, 1.807) is 6.20 Å². The molecule has 0 spiro atoms. The first kappa shape index (κ1) is 14.3. The molecule has 0 saturated heterocycles. The van der Waals surface area contributed by atoms with Crippen LogP contribution >= 0.6 is 0 Å². The number of hydrogen-bond donors (Lipinski definition) is 3. The van der Waals surface area contributed by atoms with E-state index in [2.05, 4.69) is 15.5 Å². The number of H-pyrrole nitrogens is 1. The lowest BCUT2D eigenvalue weighted by Gasteiger charge is -2.25. The van der Waals surface area contributed by atoms with Gasteiger partial charge < -0.3 is 11.1 Å². The van der Waals surface area contributed by atoms with Crippen LogP contribution in [0.5, 0.6) is 0 Å². The zero-order chi connectivity index (χ0) is 14.8. The van der Waals surface area contributed by atoms with E-state index in [-0.39, 0.29) is 11.3 Å². The van der Waals surface area contributed by atoms with E-state index in [0.717, 1.165) is 16.9 Å². The number of rotatable bonds is 3. The average molecular weight is 272 g/mol. The predicted octanol–water partition coefficient (Wildman–Crippen LogP) is 2.39. The molecule has 1 atom stereocenters. The molecule has 0 radical (unpaired) electrons. The summed E-state index contributed by atoms with van der Waals surface area (Å²) >= 11 is 0. The van der Waals surface area contributed by atoms with Crippen LogP contribution in [0.2, 0.25) is 0 Å². The van der Waals surface area contributed by atoms with Gasteiger partial charge in [-0.1, -0.05) is 32.9 Å². The van der Waals surface area contributed by atoms with Gasteiger partial charge in [0.2, 0.25) is 5.91 Å². The first-order valence-electron chi connectivity index (χ1n) is 6.54. The average Bonchev–Trinajstić information content (AvgIpc) is 2.91. The maximum Gasteiger partial charge on any atom is 0.241 e. The minimum atomic E-state index is -0.546. The van der Waals surface area contributed by atoms with Gasteiger partial charge in [0, 0.05) is 11.9 Å². The molecule has 0 aliphatic carbocycles. The molecule has 0 fully saturated rings. The Bertz CT molecular complexity index is 567. The fraction of sp³-hybridized carbons (Fsp3) is 0.333. The maximum absolute atomic E-state index is 12.0. The van der Waals surface area contributed by atoms with Crippen molar-refractivity contribution in [1.29, 1.82) is 0 Å². The fourth-order valence-electron chi connectivity index (χ4n) is 1.76. The first-order chi connectivity index (χ1) is 9.38. The van der Waals surface area contributed by atoms with Gasteiger partial charge in [0.1, 0.15) is 0 Å². The summed E-state index contributed by atoms with van der Waals surface area (Å²) in [5.41, 5.74) is 8.35. The van der Waals surface area contributed by atoms with Crippen molar-refractivity contribution >= 4 is 11.6 Å². The Hall–Kier alpha value is -2.14. The van der Waals surface area contributed by atoms with Gasteiger partial charge in [0.05, 0.1) is 11.7 Å². The highest BCUT2D eigenvalue weighted by atomic mass is 16.2. The first-order valence-corrected chi connectivity index (χ1v) is 6.54. The zero-order valence-electron chi connectivity index (χ0n) is 12.0. The van der Waals surface area contributed by atoms with Crippen molar-refractivity contribution in [3.8, 4) is 11.3 Å². The van der Waals surface area contributed by atoms with E-state index < -0.39 is 6.04 Å². The highest BCUT2D eigenvalue weighted by molar-refractivity contribution is 5.95. The summed E-state index contributed by atoms with van der Waals surface area (Å²) in [5.74, 6) is -0.174. The molecule has 1 aromatic carbocycles. The molecular weight excluding hydrogens is 252 g/mol. The number of carbonyl (C=O) groups excluding carboxylic acids is 1. The van der Waals surface area contributed by atoms with Gasteiger partial charge in [-0.05, 0) is 29.2 Å². The molecule has 1 unspecified atom stereocenters. The Morgan fingerprint density at radius 1 is 1.25 bits per heavy atom. The number of nitrogens with zero attached hydrogens (tertiary/aromatic N) is 1. The van der Waals surface area contributed by atoms with Gasteiger partial charge in [0.15, 0.2) is 0 Å². The molecule has 20 heavy (non-hydrogen) atoms. The quantitative estimate of drug-likeness (QED) is 0.802. The van der Waals surface area contributed by atoms with Crippen LogP contribution in [0.4, 0.5) is 5.69 Å². The number of nitrogens with one attached hydrogen (secondary N) is 2. The molecule has 2 aromatic rings. The van der Waals surface area contributed by atoms with Crippen molar-refractivity contribution in [2.75, 3.05) is 5.32 Å². The third-order valence-corrected chi connectivity index (χ3v) is 3.18. The highest BCUT2D eigenvalue weighted by Gasteiger charge is 2.27. The van der Waals surface area contributed by atoms with Crippen LogP contribution in [-0.4, -0.2) is 22.1 Å². The highest BCUT2D eigenvalue weighted by Crippen LogP contribution is 2.21. The van der Waals surface area contributed by atoms with Crippen LogP contribution in [0, 0.1) is 5.41 Å². The lowest BCUT2D eigenvalue weighted by atomic mass is 9.87. The van der Waals surface area contributed by atoms with Crippen LogP contribution < -0.4 is 11.1 Å². The van der Waals surface area contributed by atoms with Gasteiger partial charge in [-0.3, -0.25) is 9.89 Å². The molecule has 1 heterocycles. The number of amides is 1. The van der Waals surface area contributed by atoms with Crippen LogP contribution in [0.1, 0.15) is 20.8 Å². The molecule has 0 bridgehead atoms. The predicted molar refractivity (Wildman–Crippen MR) is 80.1 cm³/mol. The smallest absolute Gasteiger partial charge is 0.241 e. The largest absolute Gasteiger partial charge is 0.325 e. The molecular formula is C15H20N4O. The molecule has 4 N–H and O–H groups in total. The number of anilines is 1. The molecule has 0 saturated carbocycles. The number of aromatic nitrogens is 2. The summed E-state index contributed by atoms with van der Waals surface area (Å²) in [4.78, 5) is 12.0. The van der Waals surface area contributed by atoms with Crippen LogP contribution in [0.15, 0.2) is 36.5 Å². The summed E-state index contributed by atoms with van der Waals surface area (Å²) in [6.07, 6.45) is 1.70. The lowest BCUT2D eigenvalue weighted by Crippen LogP contribution is -2.45. The van der Waals surface area contributed by atoms with Crippen LogP contribution in [0.25, 0.3) is 11.3 Å². The second kappa shape index (κ2) is 5.46. The molecule has 2 rings (SSSR count). The topological polar surface area (TPSA) is 83.8 Å². The van der Waals surface area contributed by atoms with Crippen molar-refractivity contribution in [1.82, 2.24) is 10.2 Å². The third-order valence-electron chi connectivity index (χ3n) is 3.18. The second-order valence-electron chi connectivity index (χ2n) is 5.88. The van der Waals surface area contributed by atoms with Gasteiger partial charge in [-0.15, -0.1) is 0 Å². The number of carbonyl (C=O) groups is 1. The summed E-state index contributed by atoms with van der Waals surface area (Å²) in [5, 5.41) is 9.63. The van der Waals surface area contributed by atoms with Crippen molar-refractivity contribution < 1.29 is 4.79 Å². The minimum absolute atomic E-state index is 0.174. The van der Waals surface area contributed by atoms with E-state index in [0.29, 0.717) is 0 Å². The monoisotopic (exact) mass is 272 g/mol. The normalized spacial score (nSPS) is 13.0. The molecule has 1 amide bonds. The summed E-state index contributed by atoms with van der Waals surface area (Å²) in [7, 11) is 0. The van der Waals surface area contributed by atoms with Gasteiger partial charge in [-0.2, -0.15) is 5.10 Å². The van der Waals surface area contributed by atoms with E-state index in [1.807, 2.05) is 51.1 Å². The van der Waals surface area contributed by atoms with Crippen LogP contribution in [-0.2, 0) is 4.79 Å². The Kier molecular flexibility index (Phi) is 3.90. The van der Waals surface area contributed by atoms with Gasteiger partial charge in [0.25, 0.3) is 0 Å². The Morgan fingerprint density at radius 2 is 1.90 bits per heavy atom. The van der Waals surface area contributed by atoms with Crippen molar-refractivity contribution in [2.45, 2.75) is 26.8 Å². The number of aromatic amines is 1. The molecule has 0 aliphatic rings. The van der Waals surface area contributed by atoms with E-state index in [1.165, 1.54) is 0 Å². The second-order valence-corrected chi connectivity index (χ2v) is 5.88. The van der Waals surface area contributed by atoms with Crippen molar-refractivity contribution in [2.24, 2.45) is 11.1 Å². The molecule has 106 valence electrons.